The van der Waals surface area contributed by atoms with Crippen molar-refractivity contribution >= 4 is 11.8 Å². The molecule has 1 rings (SSSR count). The van der Waals surface area contributed by atoms with Crippen LogP contribution in [0.3, 0.4) is 0 Å². The Morgan fingerprint density at radius 2 is 1.95 bits per heavy atom. The third-order valence-electron chi connectivity index (χ3n) is 3.96. The molecule has 0 aliphatic carbocycles. The van der Waals surface area contributed by atoms with Crippen molar-refractivity contribution in [3.8, 4) is 0 Å². The van der Waals surface area contributed by atoms with Crippen molar-refractivity contribution in [3.63, 3.8) is 0 Å². The molecule has 2 amide bonds. The van der Waals surface area contributed by atoms with Gasteiger partial charge in [-0.05, 0) is 38.6 Å². The van der Waals surface area contributed by atoms with Crippen molar-refractivity contribution < 1.29 is 9.59 Å². The van der Waals surface area contributed by atoms with Gasteiger partial charge in [0.15, 0.2) is 0 Å². The number of nitrogens with zero attached hydrogens (tertiary/aromatic N) is 1. The molecule has 0 aromatic heterocycles. The van der Waals surface area contributed by atoms with Gasteiger partial charge >= 0.3 is 0 Å². The molecule has 0 bridgehead atoms. The molecular weight excluding hydrogens is 266 g/mol. The monoisotopic (exact) mass is 297 g/mol. The number of amides is 2. The van der Waals surface area contributed by atoms with Crippen LogP contribution in [-0.2, 0) is 9.59 Å². The fourth-order valence-corrected chi connectivity index (χ4v) is 2.78. The van der Waals surface area contributed by atoms with Crippen LogP contribution in [0.25, 0.3) is 0 Å². The molecule has 1 atom stereocenters. The smallest absolute Gasteiger partial charge is 0.222 e. The molecule has 1 fully saturated rings. The van der Waals surface area contributed by atoms with Gasteiger partial charge in [-0.2, -0.15) is 0 Å². The van der Waals surface area contributed by atoms with Gasteiger partial charge in [-0.25, -0.2) is 0 Å². The predicted octanol–water partition coefficient (Wildman–Crippen LogP) is 1.80. The molecule has 3 N–H and O–H groups in total. The molecule has 1 aliphatic rings. The molecule has 1 saturated heterocycles. The topological polar surface area (TPSA) is 75.4 Å². The predicted molar refractivity (Wildman–Crippen MR) is 84.8 cm³/mol. The van der Waals surface area contributed by atoms with E-state index < -0.39 is 0 Å². The van der Waals surface area contributed by atoms with E-state index >= 15 is 0 Å². The van der Waals surface area contributed by atoms with Crippen LogP contribution in [-0.4, -0.2) is 42.4 Å². The van der Waals surface area contributed by atoms with Crippen LogP contribution < -0.4 is 11.1 Å². The van der Waals surface area contributed by atoms with E-state index in [1.165, 1.54) is 0 Å². The van der Waals surface area contributed by atoms with Crippen LogP contribution in [0, 0.1) is 0 Å². The molecule has 122 valence electrons. The van der Waals surface area contributed by atoms with Crippen molar-refractivity contribution in [2.45, 2.75) is 70.8 Å². The zero-order chi connectivity index (χ0) is 15.5. The minimum absolute atomic E-state index is 0.110. The number of hydrogen-bond acceptors (Lipinski definition) is 3. The maximum absolute atomic E-state index is 12.2. The second kappa shape index (κ2) is 10.6. The first-order chi connectivity index (χ1) is 10.2. The standard InChI is InChI=1S/C16H31N3O2/c1-2-8-15(20)18-14-9-7-12-19(13-14)16(21)10-5-3-4-6-11-17/h14H,2-13,17H2,1H3,(H,18,20). The van der Waals surface area contributed by atoms with E-state index in [4.69, 9.17) is 5.73 Å². The second-order valence-corrected chi connectivity index (χ2v) is 5.95. The number of unbranched alkanes of at least 4 members (excludes halogenated alkanes) is 3. The molecule has 1 heterocycles. The third kappa shape index (κ3) is 7.46. The van der Waals surface area contributed by atoms with E-state index in [-0.39, 0.29) is 17.9 Å². The van der Waals surface area contributed by atoms with Crippen LogP contribution in [0.2, 0.25) is 0 Å². The molecular formula is C16H31N3O2. The molecule has 0 radical (unpaired) electrons. The normalized spacial score (nSPS) is 18.6. The Kier molecular flexibility index (Phi) is 9.06. The molecule has 5 nitrogen and oxygen atoms in total. The summed E-state index contributed by atoms with van der Waals surface area (Å²) in [5.74, 6) is 0.343. The van der Waals surface area contributed by atoms with E-state index in [1.54, 1.807) is 0 Å². The number of nitrogens with one attached hydrogen (secondary N) is 1. The van der Waals surface area contributed by atoms with E-state index in [0.717, 1.165) is 58.0 Å². The Balaban J connectivity index is 2.24. The highest BCUT2D eigenvalue weighted by Gasteiger charge is 2.24. The van der Waals surface area contributed by atoms with Crippen LogP contribution in [0.15, 0.2) is 0 Å². The number of likely N-dealkylation sites (tertiary alicyclic amines) is 1. The Labute approximate surface area is 128 Å². The van der Waals surface area contributed by atoms with Crippen LogP contribution >= 0.6 is 0 Å². The van der Waals surface area contributed by atoms with Gasteiger partial charge in [0.2, 0.25) is 11.8 Å². The fraction of sp³-hybridized carbons (Fsp3) is 0.875. The number of hydrogen-bond donors (Lipinski definition) is 2. The van der Waals surface area contributed by atoms with Crippen molar-refractivity contribution in [3.05, 3.63) is 0 Å². The lowest BCUT2D eigenvalue weighted by Gasteiger charge is -2.33. The van der Waals surface area contributed by atoms with Gasteiger partial charge in [-0.3, -0.25) is 9.59 Å². The number of piperidine rings is 1. The van der Waals surface area contributed by atoms with Gasteiger partial charge in [0.1, 0.15) is 0 Å². The fourth-order valence-electron chi connectivity index (χ4n) is 2.78. The third-order valence-corrected chi connectivity index (χ3v) is 3.96. The van der Waals surface area contributed by atoms with Crippen LogP contribution in [0.1, 0.15) is 64.7 Å². The van der Waals surface area contributed by atoms with Crippen LogP contribution in [0.5, 0.6) is 0 Å². The van der Waals surface area contributed by atoms with Crippen molar-refractivity contribution in [1.29, 1.82) is 0 Å². The molecule has 1 aliphatic heterocycles. The van der Waals surface area contributed by atoms with Gasteiger partial charge in [-0.1, -0.05) is 19.8 Å². The second-order valence-electron chi connectivity index (χ2n) is 5.95. The average molecular weight is 297 g/mol. The van der Waals surface area contributed by atoms with Crippen LogP contribution in [0.4, 0.5) is 0 Å². The molecule has 0 aromatic rings. The molecule has 21 heavy (non-hydrogen) atoms. The van der Waals surface area contributed by atoms with E-state index in [2.05, 4.69) is 5.32 Å². The minimum atomic E-state index is 0.110. The molecule has 5 heteroatoms. The van der Waals surface area contributed by atoms with Gasteiger partial charge in [0.25, 0.3) is 0 Å². The summed E-state index contributed by atoms with van der Waals surface area (Å²) in [6, 6.07) is 0.138. The van der Waals surface area contributed by atoms with Gasteiger partial charge in [0, 0.05) is 32.0 Å². The van der Waals surface area contributed by atoms with Gasteiger partial charge < -0.3 is 16.0 Å². The molecule has 0 aromatic carbocycles. The Bertz CT molecular complexity index is 321. The zero-order valence-corrected chi connectivity index (χ0v) is 13.4. The summed E-state index contributed by atoms with van der Waals surface area (Å²) in [6.07, 6.45) is 8.21. The van der Waals surface area contributed by atoms with Crippen molar-refractivity contribution in [2.75, 3.05) is 19.6 Å². The highest BCUT2D eigenvalue weighted by atomic mass is 16.2. The molecule has 1 unspecified atom stereocenters. The first-order valence-corrected chi connectivity index (χ1v) is 8.44. The molecule has 0 spiro atoms. The maximum Gasteiger partial charge on any atom is 0.222 e. The molecule has 0 saturated carbocycles. The largest absolute Gasteiger partial charge is 0.352 e. The number of nitrogens with two attached hydrogens (primary N) is 1. The van der Waals surface area contributed by atoms with E-state index in [9.17, 15) is 9.59 Å². The number of carbonyl (C=O) groups is 2. The summed E-state index contributed by atoms with van der Waals surface area (Å²) in [5, 5.41) is 3.04. The van der Waals surface area contributed by atoms with Crippen molar-refractivity contribution in [2.24, 2.45) is 5.73 Å². The summed E-state index contributed by atoms with van der Waals surface area (Å²) in [4.78, 5) is 25.7. The Morgan fingerprint density at radius 3 is 2.67 bits per heavy atom. The summed E-state index contributed by atoms with van der Waals surface area (Å²) in [6.45, 7) is 4.25. The van der Waals surface area contributed by atoms with E-state index in [0.29, 0.717) is 19.4 Å². The zero-order valence-electron chi connectivity index (χ0n) is 13.4. The summed E-state index contributed by atoms with van der Waals surface area (Å²) in [7, 11) is 0. The lowest BCUT2D eigenvalue weighted by Crippen LogP contribution is -2.49. The Morgan fingerprint density at radius 1 is 1.19 bits per heavy atom. The quantitative estimate of drug-likeness (QED) is 0.637. The number of rotatable bonds is 9. The maximum atomic E-state index is 12.2. The lowest BCUT2D eigenvalue weighted by molar-refractivity contribution is -0.133. The van der Waals surface area contributed by atoms with Crippen molar-refractivity contribution in [1.82, 2.24) is 10.2 Å². The van der Waals surface area contributed by atoms with Gasteiger partial charge in [0.05, 0.1) is 0 Å². The number of carbonyl (C=O) groups excluding carboxylic acids is 2. The SMILES string of the molecule is CCCC(=O)NC1CCCN(C(=O)CCCCCCN)C1. The highest BCUT2D eigenvalue weighted by molar-refractivity contribution is 5.77. The lowest BCUT2D eigenvalue weighted by atomic mass is 10.0. The Hall–Kier alpha value is -1.10. The first kappa shape index (κ1) is 18.0. The highest BCUT2D eigenvalue weighted by Crippen LogP contribution is 2.13. The minimum Gasteiger partial charge on any atom is -0.352 e. The average Bonchev–Trinajstić information content (AvgIpc) is 2.47. The summed E-state index contributed by atoms with van der Waals surface area (Å²) in [5.41, 5.74) is 5.45. The summed E-state index contributed by atoms with van der Waals surface area (Å²) >= 11 is 0. The van der Waals surface area contributed by atoms with Gasteiger partial charge in [-0.15, -0.1) is 0 Å². The van der Waals surface area contributed by atoms with E-state index in [1.807, 2.05) is 11.8 Å². The first-order valence-electron chi connectivity index (χ1n) is 8.44. The summed E-state index contributed by atoms with van der Waals surface area (Å²) < 4.78 is 0.